The van der Waals surface area contributed by atoms with Crippen molar-refractivity contribution in [1.29, 1.82) is 0 Å². The molecule has 0 aromatic heterocycles. The van der Waals surface area contributed by atoms with E-state index < -0.39 is 0 Å². The van der Waals surface area contributed by atoms with Crippen LogP contribution < -0.4 is 10.1 Å². The summed E-state index contributed by atoms with van der Waals surface area (Å²) < 4.78 is 5.30. The molecule has 3 atom stereocenters. The van der Waals surface area contributed by atoms with Gasteiger partial charge in [0.2, 0.25) is 0 Å². The number of nitrogens with one attached hydrogen (secondary N) is 1. The highest BCUT2D eigenvalue weighted by Gasteiger charge is 2.58. The molecule has 0 saturated heterocycles. The lowest BCUT2D eigenvalue weighted by molar-refractivity contribution is 0.110. The molecule has 2 fully saturated rings. The molecular weight excluding hydrogens is 258 g/mol. The van der Waals surface area contributed by atoms with E-state index in [0.717, 1.165) is 24.6 Å². The fourth-order valence-electron chi connectivity index (χ4n) is 5.00. The summed E-state index contributed by atoms with van der Waals surface area (Å²) in [4.78, 5) is 0. The summed E-state index contributed by atoms with van der Waals surface area (Å²) in [7, 11) is 1.73. The first-order valence-corrected chi connectivity index (χ1v) is 8.32. The van der Waals surface area contributed by atoms with E-state index in [9.17, 15) is 0 Å². The van der Waals surface area contributed by atoms with Crippen molar-refractivity contribution in [1.82, 2.24) is 5.32 Å². The molecule has 3 unspecified atom stereocenters. The van der Waals surface area contributed by atoms with Crippen LogP contribution in [-0.2, 0) is 6.42 Å². The van der Waals surface area contributed by atoms with E-state index in [1.165, 1.54) is 24.8 Å². The maximum atomic E-state index is 5.30. The van der Waals surface area contributed by atoms with Gasteiger partial charge < -0.3 is 10.1 Å². The summed E-state index contributed by atoms with van der Waals surface area (Å²) in [5.41, 5.74) is 2.32. The molecule has 2 saturated carbocycles. The van der Waals surface area contributed by atoms with Gasteiger partial charge in [0, 0.05) is 6.04 Å². The maximum absolute atomic E-state index is 5.30. The van der Waals surface area contributed by atoms with Crippen molar-refractivity contribution in [3.63, 3.8) is 0 Å². The zero-order valence-electron chi connectivity index (χ0n) is 13.9. The molecule has 21 heavy (non-hydrogen) atoms. The average Bonchev–Trinajstić information content (AvgIpc) is 2.94. The van der Waals surface area contributed by atoms with Crippen molar-refractivity contribution in [2.75, 3.05) is 13.7 Å². The monoisotopic (exact) mass is 287 g/mol. The minimum Gasteiger partial charge on any atom is -0.497 e. The van der Waals surface area contributed by atoms with Crippen LogP contribution in [0.2, 0.25) is 0 Å². The van der Waals surface area contributed by atoms with Gasteiger partial charge in [-0.3, -0.25) is 0 Å². The Morgan fingerprint density at radius 2 is 2.10 bits per heavy atom. The highest BCUT2D eigenvalue weighted by molar-refractivity contribution is 5.28. The number of hydrogen-bond acceptors (Lipinski definition) is 2. The first kappa shape index (κ1) is 14.9. The highest BCUT2D eigenvalue weighted by Crippen LogP contribution is 2.62. The number of benzene rings is 1. The van der Waals surface area contributed by atoms with Gasteiger partial charge in [0.15, 0.2) is 0 Å². The van der Waals surface area contributed by atoms with Crippen LogP contribution in [0.25, 0.3) is 0 Å². The molecule has 3 rings (SSSR count). The van der Waals surface area contributed by atoms with Crippen LogP contribution in [0.15, 0.2) is 24.3 Å². The van der Waals surface area contributed by atoms with E-state index in [4.69, 9.17) is 4.74 Å². The molecule has 2 nitrogen and oxygen atoms in total. The largest absolute Gasteiger partial charge is 0.497 e. The molecule has 0 heterocycles. The van der Waals surface area contributed by atoms with Gasteiger partial charge in [0.25, 0.3) is 0 Å². The Morgan fingerprint density at radius 1 is 1.29 bits per heavy atom. The normalized spacial score (nSPS) is 33.3. The van der Waals surface area contributed by atoms with Crippen LogP contribution in [0.1, 0.15) is 45.6 Å². The van der Waals surface area contributed by atoms with Crippen molar-refractivity contribution >= 4 is 0 Å². The summed E-state index contributed by atoms with van der Waals surface area (Å²) in [6.45, 7) is 8.48. The topological polar surface area (TPSA) is 21.3 Å². The van der Waals surface area contributed by atoms with Gasteiger partial charge in [0.05, 0.1) is 7.11 Å². The molecule has 1 aromatic rings. The molecule has 2 bridgehead atoms. The van der Waals surface area contributed by atoms with Crippen LogP contribution in [0.4, 0.5) is 0 Å². The van der Waals surface area contributed by atoms with Crippen molar-refractivity contribution in [3.8, 4) is 5.75 Å². The minimum absolute atomic E-state index is 0.446. The zero-order valence-corrected chi connectivity index (χ0v) is 13.9. The van der Waals surface area contributed by atoms with Crippen molar-refractivity contribution in [3.05, 3.63) is 29.8 Å². The fraction of sp³-hybridized carbons (Fsp3) is 0.684. The molecule has 1 N–H and O–H groups in total. The minimum atomic E-state index is 0.446. The van der Waals surface area contributed by atoms with E-state index in [1.54, 1.807) is 7.11 Å². The SMILES string of the molecule is COc1cccc(CCNC2C3(C)CCC(C3)C2(C)C)c1. The second kappa shape index (κ2) is 5.31. The molecule has 2 aliphatic rings. The number of ether oxygens (including phenoxy) is 1. The molecular formula is C19H29NO. The highest BCUT2D eigenvalue weighted by atomic mass is 16.5. The molecule has 0 amide bonds. The lowest BCUT2D eigenvalue weighted by atomic mass is 9.68. The number of hydrogen-bond donors (Lipinski definition) is 1. The zero-order chi connectivity index (χ0) is 15.1. The van der Waals surface area contributed by atoms with Crippen molar-refractivity contribution in [2.24, 2.45) is 16.7 Å². The molecule has 1 aromatic carbocycles. The third-order valence-electron chi connectivity index (χ3n) is 6.17. The molecule has 0 spiro atoms. The van der Waals surface area contributed by atoms with Crippen molar-refractivity contribution < 1.29 is 4.74 Å². The second-order valence-corrected chi connectivity index (χ2v) is 7.90. The molecule has 2 heteroatoms. The number of methoxy groups -OCH3 is 1. The number of fused-ring (bicyclic) bond motifs is 2. The van der Waals surface area contributed by atoms with E-state index in [-0.39, 0.29) is 0 Å². The van der Waals surface area contributed by atoms with Gasteiger partial charge in [0.1, 0.15) is 5.75 Å². The fourth-order valence-corrected chi connectivity index (χ4v) is 5.00. The Bertz CT molecular complexity index is 505. The maximum Gasteiger partial charge on any atom is 0.119 e. The van der Waals surface area contributed by atoms with Crippen LogP contribution in [-0.4, -0.2) is 19.7 Å². The van der Waals surface area contributed by atoms with Gasteiger partial charge in [-0.1, -0.05) is 32.9 Å². The number of rotatable bonds is 5. The third-order valence-corrected chi connectivity index (χ3v) is 6.17. The summed E-state index contributed by atoms with van der Waals surface area (Å²) in [5.74, 6) is 1.87. The molecule has 0 aliphatic heterocycles. The first-order valence-electron chi connectivity index (χ1n) is 8.32. The van der Waals surface area contributed by atoms with E-state index in [2.05, 4.69) is 44.3 Å². The van der Waals surface area contributed by atoms with E-state index in [0.29, 0.717) is 16.9 Å². The molecule has 2 aliphatic carbocycles. The van der Waals surface area contributed by atoms with Crippen LogP contribution in [0, 0.1) is 16.7 Å². The summed E-state index contributed by atoms with van der Waals surface area (Å²) in [6, 6.07) is 9.09. The van der Waals surface area contributed by atoms with Crippen molar-refractivity contribution in [2.45, 2.75) is 52.5 Å². The molecule has 116 valence electrons. The Balaban J connectivity index is 1.60. The van der Waals surface area contributed by atoms with Gasteiger partial charge in [-0.2, -0.15) is 0 Å². The predicted octanol–water partition coefficient (Wildman–Crippen LogP) is 4.04. The Morgan fingerprint density at radius 3 is 2.76 bits per heavy atom. The quantitative estimate of drug-likeness (QED) is 0.882. The van der Waals surface area contributed by atoms with Gasteiger partial charge in [-0.15, -0.1) is 0 Å². The Kier molecular flexibility index (Phi) is 3.77. The summed E-state index contributed by atoms with van der Waals surface area (Å²) >= 11 is 0. The lowest BCUT2D eigenvalue weighted by Crippen LogP contribution is -2.50. The average molecular weight is 287 g/mol. The van der Waals surface area contributed by atoms with Crippen LogP contribution in [0.5, 0.6) is 5.75 Å². The second-order valence-electron chi connectivity index (χ2n) is 7.90. The van der Waals surface area contributed by atoms with Crippen LogP contribution >= 0.6 is 0 Å². The smallest absolute Gasteiger partial charge is 0.119 e. The Labute approximate surface area is 129 Å². The summed E-state index contributed by atoms with van der Waals surface area (Å²) in [5, 5.41) is 3.89. The standard InChI is InChI=1S/C19H29NO/c1-18(2)15-8-10-19(3,13-15)17(18)20-11-9-14-6-5-7-16(12-14)21-4/h5-7,12,15,17,20H,8-11,13H2,1-4H3. The van der Waals surface area contributed by atoms with Gasteiger partial charge in [-0.25, -0.2) is 0 Å². The van der Waals surface area contributed by atoms with Crippen LogP contribution in [0.3, 0.4) is 0 Å². The van der Waals surface area contributed by atoms with E-state index in [1.807, 2.05) is 6.07 Å². The predicted molar refractivity (Wildman–Crippen MR) is 87.7 cm³/mol. The van der Waals surface area contributed by atoms with E-state index >= 15 is 0 Å². The third kappa shape index (κ3) is 2.59. The Hall–Kier alpha value is -1.02. The van der Waals surface area contributed by atoms with Gasteiger partial charge >= 0.3 is 0 Å². The summed E-state index contributed by atoms with van der Waals surface area (Å²) in [6.07, 6.45) is 5.32. The lowest BCUT2D eigenvalue weighted by Gasteiger charge is -2.43. The van der Waals surface area contributed by atoms with Gasteiger partial charge in [-0.05, 0) is 66.7 Å². The first-order chi connectivity index (χ1) is 9.95. The molecule has 0 radical (unpaired) electrons.